The molecule has 1 saturated heterocycles. The smallest absolute Gasteiger partial charge is 0.375 e. The first kappa shape index (κ1) is 9.58. The van der Waals surface area contributed by atoms with E-state index < -0.39 is 5.97 Å². The highest BCUT2D eigenvalue weighted by Gasteiger charge is 2.29. The molecule has 2 rings (SSSR count). The van der Waals surface area contributed by atoms with Crippen LogP contribution in [0.5, 0.6) is 0 Å². The molecule has 1 fully saturated rings. The Labute approximate surface area is 85.7 Å². The van der Waals surface area contributed by atoms with E-state index in [1.807, 2.05) is 0 Å². The van der Waals surface area contributed by atoms with Crippen molar-refractivity contribution in [2.24, 2.45) is 0 Å². The molecule has 2 heterocycles. The summed E-state index contributed by atoms with van der Waals surface area (Å²) in [5.41, 5.74) is 1.49. The second-order valence-electron chi connectivity index (χ2n) is 3.32. The fraction of sp³-hybridized carbons (Fsp3) is 0.556. The Balaban J connectivity index is 2.38. The summed E-state index contributed by atoms with van der Waals surface area (Å²) < 4.78 is 4.81. The summed E-state index contributed by atoms with van der Waals surface area (Å²) in [6, 6.07) is 0. The van der Waals surface area contributed by atoms with Crippen LogP contribution >= 0.6 is 11.8 Å². The molecule has 14 heavy (non-hydrogen) atoms. The molecule has 1 aliphatic heterocycles. The summed E-state index contributed by atoms with van der Waals surface area (Å²) in [4.78, 5) is 10.8. The van der Waals surface area contributed by atoms with Gasteiger partial charge in [-0.05, 0) is 25.5 Å². The van der Waals surface area contributed by atoms with Crippen molar-refractivity contribution < 1.29 is 14.4 Å². The summed E-state index contributed by atoms with van der Waals surface area (Å²) in [6.07, 6.45) is 2.16. The fourth-order valence-electron chi connectivity index (χ4n) is 1.72. The number of carboxylic acid groups (broad SMARTS) is 1. The van der Waals surface area contributed by atoms with Crippen molar-refractivity contribution in [1.29, 1.82) is 0 Å². The van der Waals surface area contributed by atoms with Crippen LogP contribution in [0.2, 0.25) is 0 Å². The number of aromatic carboxylic acids is 1. The molecule has 1 aliphatic rings. The molecule has 1 aromatic rings. The molecule has 0 aliphatic carbocycles. The van der Waals surface area contributed by atoms with Crippen LogP contribution in [0.4, 0.5) is 0 Å². The van der Waals surface area contributed by atoms with Crippen molar-refractivity contribution in [1.82, 2.24) is 5.16 Å². The summed E-state index contributed by atoms with van der Waals surface area (Å²) in [6.45, 7) is 1.80. The van der Waals surface area contributed by atoms with Crippen molar-refractivity contribution in [2.45, 2.75) is 25.0 Å². The lowest BCUT2D eigenvalue weighted by Crippen LogP contribution is -2.01. The van der Waals surface area contributed by atoms with E-state index in [1.165, 1.54) is 0 Å². The third kappa shape index (κ3) is 1.52. The molecule has 0 spiro atoms. The maximum Gasteiger partial charge on any atom is 0.375 e. The van der Waals surface area contributed by atoms with Crippen molar-refractivity contribution in [2.75, 3.05) is 5.75 Å². The average Bonchev–Trinajstić information content (AvgIpc) is 2.71. The van der Waals surface area contributed by atoms with Crippen LogP contribution in [-0.4, -0.2) is 22.0 Å². The van der Waals surface area contributed by atoms with E-state index >= 15 is 0 Å². The number of aryl methyl sites for hydroxylation is 1. The Morgan fingerprint density at radius 2 is 2.50 bits per heavy atom. The van der Waals surface area contributed by atoms with Gasteiger partial charge in [0.2, 0.25) is 5.76 Å². The van der Waals surface area contributed by atoms with Crippen LogP contribution < -0.4 is 0 Å². The predicted octanol–water partition coefficient (Wildman–Crippen LogP) is 2.25. The van der Waals surface area contributed by atoms with E-state index in [0.29, 0.717) is 5.69 Å². The second kappa shape index (κ2) is 3.65. The van der Waals surface area contributed by atoms with Crippen molar-refractivity contribution in [3.05, 3.63) is 17.0 Å². The third-order valence-electron chi connectivity index (χ3n) is 2.35. The van der Waals surface area contributed by atoms with Crippen LogP contribution in [0, 0.1) is 6.92 Å². The molecule has 0 radical (unpaired) electrons. The molecule has 76 valence electrons. The molecule has 4 nitrogen and oxygen atoms in total. The van der Waals surface area contributed by atoms with Crippen LogP contribution in [0.25, 0.3) is 0 Å². The van der Waals surface area contributed by atoms with Gasteiger partial charge in [-0.2, -0.15) is 11.8 Å². The molecule has 1 unspecified atom stereocenters. The zero-order valence-electron chi connectivity index (χ0n) is 7.82. The average molecular weight is 213 g/mol. The van der Waals surface area contributed by atoms with Gasteiger partial charge >= 0.3 is 5.97 Å². The number of thioether (sulfide) groups is 1. The standard InChI is InChI=1S/C9H11NO3S/c1-5-7(6-3-2-4-14-6)8(9(11)12)13-10-5/h6H,2-4H2,1H3,(H,11,12). The summed E-state index contributed by atoms with van der Waals surface area (Å²) in [7, 11) is 0. The highest BCUT2D eigenvalue weighted by molar-refractivity contribution is 7.99. The van der Waals surface area contributed by atoms with Gasteiger partial charge in [0.1, 0.15) is 0 Å². The maximum absolute atomic E-state index is 10.8. The number of carbonyl (C=O) groups is 1. The molecular formula is C9H11NO3S. The Kier molecular flexibility index (Phi) is 2.50. The molecule has 1 aromatic heterocycles. The zero-order valence-corrected chi connectivity index (χ0v) is 8.63. The van der Waals surface area contributed by atoms with Gasteiger partial charge in [0.05, 0.1) is 5.69 Å². The Morgan fingerprint density at radius 3 is 3.07 bits per heavy atom. The largest absolute Gasteiger partial charge is 0.475 e. The van der Waals surface area contributed by atoms with E-state index in [-0.39, 0.29) is 11.0 Å². The first-order valence-corrected chi connectivity index (χ1v) is 5.56. The molecule has 5 heteroatoms. The Hall–Kier alpha value is -0.970. The van der Waals surface area contributed by atoms with Gasteiger partial charge in [0.15, 0.2) is 0 Å². The van der Waals surface area contributed by atoms with Gasteiger partial charge in [-0.1, -0.05) is 5.16 Å². The van der Waals surface area contributed by atoms with Crippen LogP contribution in [0.3, 0.4) is 0 Å². The highest BCUT2D eigenvalue weighted by atomic mass is 32.2. The monoisotopic (exact) mass is 213 g/mol. The zero-order chi connectivity index (χ0) is 10.1. The lowest BCUT2D eigenvalue weighted by atomic mass is 10.1. The SMILES string of the molecule is Cc1noc(C(=O)O)c1C1CCCS1. The fourth-order valence-corrected chi connectivity index (χ4v) is 3.11. The lowest BCUT2D eigenvalue weighted by molar-refractivity contribution is 0.0650. The first-order valence-electron chi connectivity index (χ1n) is 4.51. The van der Waals surface area contributed by atoms with Gasteiger partial charge < -0.3 is 9.63 Å². The second-order valence-corrected chi connectivity index (χ2v) is 4.63. The Morgan fingerprint density at radius 1 is 1.71 bits per heavy atom. The van der Waals surface area contributed by atoms with Gasteiger partial charge in [-0.25, -0.2) is 4.79 Å². The van der Waals surface area contributed by atoms with Gasteiger partial charge in [0.25, 0.3) is 0 Å². The third-order valence-corrected chi connectivity index (χ3v) is 3.75. The van der Waals surface area contributed by atoms with Crippen molar-refractivity contribution in [3.8, 4) is 0 Å². The molecule has 1 N–H and O–H groups in total. The van der Waals surface area contributed by atoms with E-state index in [4.69, 9.17) is 9.63 Å². The Bertz CT molecular complexity index is 355. The van der Waals surface area contributed by atoms with Gasteiger partial charge in [-0.3, -0.25) is 0 Å². The van der Waals surface area contributed by atoms with Gasteiger partial charge in [-0.15, -0.1) is 0 Å². The minimum absolute atomic E-state index is 0.0156. The predicted molar refractivity (Wildman–Crippen MR) is 52.6 cm³/mol. The maximum atomic E-state index is 10.8. The van der Waals surface area contributed by atoms with Crippen LogP contribution in [0.1, 0.15) is 39.9 Å². The van der Waals surface area contributed by atoms with Gasteiger partial charge in [0, 0.05) is 10.8 Å². The summed E-state index contributed by atoms with van der Waals surface area (Å²) in [5, 5.41) is 12.9. The number of nitrogens with zero attached hydrogens (tertiary/aromatic N) is 1. The molecule has 0 aromatic carbocycles. The number of rotatable bonds is 2. The van der Waals surface area contributed by atoms with Crippen molar-refractivity contribution >= 4 is 17.7 Å². The molecule has 0 amide bonds. The summed E-state index contributed by atoms with van der Waals surface area (Å²) in [5.74, 6) is 0.0870. The topological polar surface area (TPSA) is 63.3 Å². The van der Waals surface area contributed by atoms with E-state index in [0.717, 1.165) is 24.2 Å². The number of hydrogen-bond acceptors (Lipinski definition) is 4. The van der Waals surface area contributed by atoms with E-state index in [2.05, 4.69) is 5.16 Å². The van der Waals surface area contributed by atoms with E-state index in [1.54, 1.807) is 18.7 Å². The van der Waals surface area contributed by atoms with Crippen LogP contribution in [0.15, 0.2) is 4.52 Å². The molecular weight excluding hydrogens is 202 g/mol. The summed E-state index contributed by atoms with van der Waals surface area (Å²) >= 11 is 1.78. The quantitative estimate of drug-likeness (QED) is 0.816. The first-order chi connectivity index (χ1) is 6.70. The molecule has 0 bridgehead atoms. The number of carboxylic acids is 1. The van der Waals surface area contributed by atoms with E-state index in [9.17, 15) is 4.79 Å². The molecule has 1 atom stereocenters. The minimum atomic E-state index is -1.02. The van der Waals surface area contributed by atoms with Crippen LogP contribution in [-0.2, 0) is 0 Å². The lowest BCUT2D eigenvalue weighted by Gasteiger charge is -2.06. The number of hydrogen-bond donors (Lipinski definition) is 1. The minimum Gasteiger partial charge on any atom is -0.475 e. The number of aromatic nitrogens is 1. The highest BCUT2D eigenvalue weighted by Crippen LogP contribution is 2.42. The normalized spacial score (nSPS) is 21.4. The molecule has 0 saturated carbocycles. The van der Waals surface area contributed by atoms with Crippen molar-refractivity contribution in [3.63, 3.8) is 0 Å².